The summed E-state index contributed by atoms with van der Waals surface area (Å²) in [6.45, 7) is 0.0505. The lowest BCUT2D eigenvalue weighted by Gasteiger charge is -2.08. The van der Waals surface area contributed by atoms with E-state index in [2.05, 4.69) is 0 Å². The number of hydrogen-bond acceptors (Lipinski definition) is 2. The minimum Gasteiger partial charge on any atom is -0.489 e. The summed E-state index contributed by atoms with van der Waals surface area (Å²) >= 11 is 5.82. The predicted octanol–water partition coefficient (Wildman–Crippen LogP) is 3.78. The fourth-order valence-corrected chi connectivity index (χ4v) is 1.63. The molecule has 2 nitrogen and oxygen atoms in total. The molecule has 0 aromatic heterocycles. The third-order valence-electron chi connectivity index (χ3n) is 2.30. The molecule has 2 aromatic carbocycles. The van der Waals surface area contributed by atoms with Crippen LogP contribution < -0.4 is 10.5 Å². The summed E-state index contributed by atoms with van der Waals surface area (Å²) in [6.07, 6.45) is 0. The molecular formula is C13H10ClF2NO. The van der Waals surface area contributed by atoms with Crippen molar-refractivity contribution in [2.75, 3.05) is 5.73 Å². The van der Waals surface area contributed by atoms with E-state index in [1.807, 2.05) is 0 Å². The van der Waals surface area contributed by atoms with Gasteiger partial charge in [-0.2, -0.15) is 0 Å². The van der Waals surface area contributed by atoms with Crippen LogP contribution in [0.25, 0.3) is 0 Å². The average molecular weight is 270 g/mol. The third-order valence-corrected chi connectivity index (χ3v) is 2.63. The minimum absolute atomic E-state index is 0.0505. The van der Waals surface area contributed by atoms with E-state index in [-0.39, 0.29) is 6.61 Å². The number of ether oxygens (including phenoxy) is 1. The molecule has 0 atom stereocenters. The van der Waals surface area contributed by atoms with E-state index in [0.717, 1.165) is 6.07 Å². The van der Waals surface area contributed by atoms with Gasteiger partial charge in [0.05, 0.1) is 10.7 Å². The van der Waals surface area contributed by atoms with Crippen molar-refractivity contribution in [3.8, 4) is 5.75 Å². The lowest BCUT2D eigenvalue weighted by molar-refractivity contribution is 0.305. The summed E-state index contributed by atoms with van der Waals surface area (Å²) < 4.78 is 31.2. The SMILES string of the molecule is Nc1ccc(OCc2cc(F)cc(F)c2)cc1Cl. The quantitative estimate of drug-likeness (QED) is 0.861. The molecule has 0 aliphatic heterocycles. The smallest absolute Gasteiger partial charge is 0.126 e. The maximum atomic E-state index is 12.9. The van der Waals surface area contributed by atoms with Crippen LogP contribution in [0.2, 0.25) is 5.02 Å². The van der Waals surface area contributed by atoms with E-state index in [4.69, 9.17) is 22.1 Å². The Morgan fingerprint density at radius 3 is 2.33 bits per heavy atom. The lowest BCUT2D eigenvalue weighted by Crippen LogP contribution is -1.97. The Kier molecular flexibility index (Phi) is 3.67. The van der Waals surface area contributed by atoms with Gasteiger partial charge in [-0.1, -0.05) is 11.6 Å². The van der Waals surface area contributed by atoms with Crippen LogP contribution in [0.3, 0.4) is 0 Å². The molecule has 0 bridgehead atoms. The second kappa shape index (κ2) is 5.23. The Labute approximate surface area is 108 Å². The number of nitrogen functional groups attached to an aromatic ring is 1. The van der Waals surface area contributed by atoms with Gasteiger partial charge in [-0.3, -0.25) is 0 Å². The maximum Gasteiger partial charge on any atom is 0.126 e. The van der Waals surface area contributed by atoms with Gasteiger partial charge in [0.15, 0.2) is 0 Å². The van der Waals surface area contributed by atoms with Crippen LogP contribution in [0.4, 0.5) is 14.5 Å². The molecule has 0 spiro atoms. The van der Waals surface area contributed by atoms with Gasteiger partial charge in [0.1, 0.15) is 24.0 Å². The molecule has 2 N–H and O–H groups in total. The number of anilines is 1. The summed E-state index contributed by atoms with van der Waals surface area (Å²) in [5.41, 5.74) is 6.40. The minimum atomic E-state index is -0.635. The van der Waals surface area contributed by atoms with Gasteiger partial charge in [-0.15, -0.1) is 0 Å². The van der Waals surface area contributed by atoms with Gasteiger partial charge in [-0.25, -0.2) is 8.78 Å². The molecule has 5 heteroatoms. The van der Waals surface area contributed by atoms with Crippen LogP contribution >= 0.6 is 11.6 Å². The highest BCUT2D eigenvalue weighted by molar-refractivity contribution is 6.33. The molecule has 0 saturated heterocycles. The van der Waals surface area contributed by atoms with E-state index in [9.17, 15) is 8.78 Å². The summed E-state index contributed by atoms with van der Waals surface area (Å²) in [6, 6.07) is 8.01. The van der Waals surface area contributed by atoms with Crippen molar-refractivity contribution in [2.24, 2.45) is 0 Å². The first-order valence-electron chi connectivity index (χ1n) is 5.17. The van der Waals surface area contributed by atoms with Crippen LogP contribution in [0.1, 0.15) is 5.56 Å². The maximum absolute atomic E-state index is 12.9. The zero-order valence-corrected chi connectivity index (χ0v) is 10.0. The molecule has 0 unspecified atom stereocenters. The van der Waals surface area contributed by atoms with Crippen molar-refractivity contribution in [3.63, 3.8) is 0 Å². The zero-order chi connectivity index (χ0) is 13.1. The Bertz CT molecular complexity index is 555. The largest absolute Gasteiger partial charge is 0.489 e. The first kappa shape index (κ1) is 12.6. The van der Waals surface area contributed by atoms with Gasteiger partial charge in [0.2, 0.25) is 0 Å². The Morgan fingerprint density at radius 2 is 1.72 bits per heavy atom. The van der Waals surface area contributed by atoms with Gasteiger partial charge < -0.3 is 10.5 Å². The second-order valence-electron chi connectivity index (χ2n) is 3.75. The number of rotatable bonds is 3. The van der Waals surface area contributed by atoms with Gasteiger partial charge in [0, 0.05) is 12.1 Å². The van der Waals surface area contributed by atoms with Crippen molar-refractivity contribution in [3.05, 3.63) is 58.6 Å². The fourth-order valence-electron chi connectivity index (χ4n) is 1.46. The molecule has 0 aliphatic carbocycles. The molecule has 2 rings (SSSR count). The first-order valence-corrected chi connectivity index (χ1v) is 5.55. The van der Waals surface area contributed by atoms with E-state index in [0.29, 0.717) is 22.0 Å². The summed E-state index contributed by atoms with van der Waals surface area (Å²) in [5.74, 6) is -0.785. The van der Waals surface area contributed by atoms with Crippen molar-refractivity contribution >= 4 is 17.3 Å². The van der Waals surface area contributed by atoms with E-state index < -0.39 is 11.6 Å². The van der Waals surface area contributed by atoms with Gasteiger partial charge in [-0.05, 0) is 29.8 Å². The lowest BCUT2D eigenvalue weighted by atomic mass is 10.2. The molecule has 0 saturated carbocycles. The van der Waals surface area contributed by atoms with E-state index >= 15 is 0 Å². The molecule has 0 heterocycles. The van der Waals surface area contributed by atoms with E-state index in [1.165, 1.54) is 12.1 Å². The fraction of sp³-hybridized carbons (Fsp3) is 0.0769. The summed E-state index contributed by atoms with van der Waals surface area (Å²) in [4.78, 5) is 0. The average Bonchev–Trinajstić information content (AvgIpc) is 2.29. The highest BCUT2D eigenvalue weighted by atomic mass is 35.5. The van der Waals surface area contributed by atoms with Crippen LogP contribution in [-0.4, -0.2) is 0 Å². The number of halogens is 3. The van der Waals surface area contributed by atoms with Crippen molar-refractivity contribution in [1.82, 2.24) is 0 Å². The topological polar surface area (TPSA) is 35.2 Å². The third kappa shape index (κ3) is 3.11. The molecule has 0 amide bonds. The number of nitrogens with two attached hydrogens (primary N) is 1. The number of hydrogen-bond donors (Lipinski definition) is 1. The van der Waals surface area contributed by atoms with Gasteiger partial charge in [0.25, 0.3) is 0 Å². The van der Waals surface area contributed by atoms with E-state index in [1.54, 1.807) is 18.2 Å². The highest BCUT2D eigenvalue weighted by Crippen LogP contribution is 2.24. The van der Waals surface area contributed by atoms with Crippen molar-refractivity contribution < 1.29 is 13.5 Å². The van der Waals surface area contributed by atoms with Gasteiger partial charge >= 0.3 is 0 Å². The Hall–Kier alpha value is -1.81. The number of benzene rings is 2. The van der Waals surface area contributed by atoms with Crippen LogP contribution in [0, 0.1) is 11.6 Å². The predicted molar refractivity (Wildman–Crippen MR) is 66.6 cm³/mol. The molecule has 94 valence electrons. The van der Waals surface area contributed by atoms with Crippen LogP contribution in [0.5, 0.6) is 5.75 Å². The molecular weight excluding hydrogens is 260 g/mol. The molecule has 18 heavy (non-hydrogen) atoms. The van der Waals surface area contributed by atoms with Crippen molar-refractivity contribution in [2.45, 2.75) is 6.61 Å². The molecule has 2 aromatic rings. The van der Waals surface area contributed by atoms with Crippen LogP contribution in [0.15, 0.2) is 36.4 Å². The first-order chi connectivity index (χ1) is 8.54. The Balaban J connectivity index is 2.08. The van der Waals surface area contributed by atoms with Crippen LogP contribution in [-0.2, 0) is 6.61 Å². The molecule has 0 fully saturated rings. The molecule has 0 aliphatic rings. The molecule has 0 radical (unpaired) electrons. The zero-order valence-electron chi connectivity index (χ0n) is 9.29. The van der Waals surface area contributed by atoms with Crippen molar-refractivity contribution in [1.29, 1.82) is 0 Å². The second-order valence-corrected chi connectivity index (χ2v) is 4.16. The monoisotopic (exact) mass is 269 g/mol. The summed E-state index contributed by atoms with van der Waals surface area (Å²) in [7, 11) is 0. The summed E-state index contributed by atoms with van der Waals surface area (Å²) in [5, 5.41) is 0.373. The Morgan fingerprint density at radius 1 is 1.06 bits per heavy atom. The standard InChI is InChI=1S/C13H10ClF2NO/c14-12-6-11(1-2-13(12)17)18-7-8-3-9(15)5-10(16)4-8/h1-6H,7,17H2. The highest BCUT2D eigenvalue weighted by Gasteiger charge is 2.03. The normalized spacial score (nSPS) is 10.4.